The fraction of sp³-hybridized carbons (Fsp3) is 0.714. The van der Waals surface area contributed by atoms with Crippen LogP contribution in [-0.2, 0) is 4.79 Å². The van der Waals surface area contributed by atoms with Crippen molar-refractivity contribution in [1.82, 2.24) is 20.8 Å². The smallest absolute Gasteiger partial charge is 0.237 e. The summed E-state index contributed by atoms with van der Waals surface area (Å²) < 4.78 is 0. The monoisotopic (exact) mass is 298 g/mol. The summed E-state index contributed by atoms with van der Waals surface area (Å²) in [6.07, 6.45) is 9.70. The molecular weight excluding hydrogens is 276 g/mol. The minimum atomic E-state index is -0.0116. The minimum absolute atomic E-state index is 0. The van der Waals surface area contributed by atoms with Crippen LogP contribution in [0.5, 0.6) is 0 Å². The Labute approximate surface area is 125 Å². The van der Waals surface area contributed by atoms with Gasteiger partial charge in [-0.25, -0.2) is 0 Å². The lowest BCUT2D eigenvalue weighted by Gasteiger charge is -2.24. The maximum atomic E-state index is 12.3. The lowest BCUT2D eigenvalue weighted by molar-refractivity contribution is -0.123. The van der Waals surface area contributed by atoms with Crippen molar-refractivity contribution >= 4 is 18.3 Å². The summed E-state index contributed by atoms with van der Waals surface area (Å²) in [7, 11) is 0. The first-order valence-corrected chi connectivity index (χ1v) is 7.29. The zero-order valence-corrected chi connectivity index (χ0v) is 12.6. The molecule has 0 bridgehead atoms. The third-order valence-electron chi connectivity index (χ3n) is 4.56. The second kappa shape index (κ2) is 6.59. The SMILES string of the molecule is CC(NC(=O)C1CC2CCCCC2N1)c1cn[nH]c1.Cl. The van der Waals surface area contributed by atoms with Crippen LogP contribution in [0.15, 0.2) is 12.4 Å². The molecule has 1 aliphatic carbocycles. The fourth-order valence-electron chi connectivity index (χ4n) is 3.42. The first kappa shape index (κ1) is 15.3. The van der Waals surface area contributed by atoms with Gasteiger partial charge in [-0.05, 0) is 32.1 Å². The second-order valence-electron chi connectivity index (χ2n) is 5.87. The number of halogens is 1. The van der Waals surface area contributed by atoms with E-state index in [1.54, 1.807) is 6.20 Å². The Morgan fingerprint density at radius 1 is 1.45 bits per heavy atom. The molecule has 0 aromatic carbocycles. The Morgan fingerprint density at radius 2 is 2.25 bits per heavy atom. The van der Waals surface area contributed by atoms with Crippen LogP contribution in [0.3, 0.4) is 0 Å². The summed E-state index contributed by atoms with van der Waals surface area (Å²) in [6, 6.07) is 0.562. The van der Waals surface area contributed by atoms with E-state index in [1.165, 1.54) is 25.7 Å². The number of hydrogen-bond donors (Lipinski definition) is 3. The molecule has 112 valence electrons. The summed E-state index contributed by atoms with van der Waals surface area (Å²) in [5, 5.41) is 13.3. The molecule has 1 amide bonds. The van der Waals surface area contributed by atoms with Gasteiger partial charge in [-0.3, -0.25) is 9.89 Å². The number of nitrogens with one attached hydrogen (secondary N) is 3. The van der Waals surface area contributed by atoms with Crippen molar-refractivity contribution in [3.05, 3.63) is 18.0 Å². The normalized spacial score (nSPS) is 30.1. The van der Waals surface area contributed by atoms with Gasteiger partial charge in [0, 0.05) is 17.8 Å². The van der Waals surface area contributed by atoms with Crippen LogP contribution in [0.25, 0.3) is 0 Å². The largest absolute Gasteiger partial charge is 0.348 e. The van der Waals surface area contributed by atoms with E-state index in [9.17, 15) is 4.79 Å². The average molecular weight is 299 g/mol. The van der Waals surface area contributed by atoms with E-state index in [4.69, 9.17) is 0 Å². The van der Waals surface area contributed by atoms with Crippen LogP contribution in [-0.4, -0.2) is 28.2 Å². The van der Waals surface area contributed by atoms with Crippen molar-refractivity contribution in [2.75, 3.05) is 0 Å². The molecule has 1 aromatic heterocycles. The van der Waals surface area contributed by atoms with E-state index in [-0.39, 0.29) is 30.4 Å². The number of aromatic amines is 1. The third kappa shape index (κ3) is 3.15. The van der Waals surface area contributed by atoms with Gasteiger partial charge in [-0.1, -0.05) is 12.8 Å². The maximum absolute atomic E-state index is 12.3. The summed E-state index contributed by atoms with van der Waals surface area (Å²) in [5.41, 5.74) is 1.02. The van der Waals surface area contributed by atoms with Gasteiger partial charge in [0.25, 0.3) is 0 Å². The van der Waals surface area contributed by atoms with E-state index >= 15 is 0 Å². The van der Waals surface area contributed by atoms with Gasteiger partial charge >= 0.3 is 0 Å². The average Bonchev–Trinajstić information content (AvgIpc) is 3.07. The number of nitrogens with zero attached hydrogens (tertiary/aromatic N) is 1. The molecule has 1 saturated heterocycles. The predicted molar refractivity (Wildman–Crippen MR) is 79.7 cm³/mol. The Bertz CT molecular complexity index is 422. The molecule has 4 unspecified atom stereocenters. The van der Waals surface area contributed by atoms with Gasteiger partial charge in [-0.15, -0.1) is 12.4 Å². The van der Waals surface area contributed by atoms with Gasteiger partial charge in [0.2, 0.25) is 5.91 Å². The van der Waals surface area contributed by atoms with Crippen molar-refractivity contribution in [2.45, 2.75) is 57.2 Å². The number of carbonyl (C=O) groups excluding carboxylic acids is 1. The molecule has 3 N–H and O–H groups in total. The summed E-state index contributed by atoms with van der Waals surface area (Å²) in [4.78, 5) is 12.3. The van der Waals surface area contributed by atoms with E-state index < -0.39 is 0 Å². The highest BCUT2D eigenvalue weighted by molar-refractivity contribution is 5.85. The highest BCUT2D eigenvalue weighted by Gasteiger charge is 2.38. The van der Waals surface area contributed by atoms with Crippen LogP contribution in [0.4, 0.5) is 0 Å². The van der Waals surface area contributed by atoms with Crippen LogP contribution in [0.2, 0.25) is 0 Å². The molecule has 2 heterocycles. The molecule has 1 saturated carbocycles. The van der Waals surface area contributed by atoms with E-state index in [0.29, 0.717) is 12.0 Å². The highest BCUT2D eigenvalue weighted by Crippen LogP contribution is 2.33. The first-order chi connectivity index (χ1) is 9.24. The van der Waals surface area contributed by atoms with E-state index in [1.807, 2.05) is 13.1 Å². The molecular formula is C14H23ClN4O. The van der Waals surface area contributed by atoms with E-state index in [2.05, 4.69) is 20.8 Å². The van der Waals surface area contributed by atoms with Gasteiger partial charge in [0.05, 0.1) is 18.3 Å². The molecule has 2 aliphatic rings. The highest BCUT2D eigenvalue weighted by atomic mass is 35.5. The molecule has 5 nitrogen and oxygen atoms in total. The predicted octanol–water partition coefficient (Wildman–Crippen LogP) is 1.93. The lowest BCUT2D eigenvalue weighted by atomic mass is 9.85. The molecule has 1 aromatic rings. The zero-order valence-electron chi connectivity index (χ0n) is 11.8. The molecule has 4 atom stereocenters. The maximum Gasteiger partial charge on any atom is 0.237 e. The summed E-state index contributed by atoms with van der Waals surface area (Å²) >= 11 is 0. The Morgan fingerprint density at radius 3 is 2.95 bits per heavy atom. The summed E-state index contributed by atoms with van der Waals surface area (Å²) in [6.45, 7) is 1.99. The number of fused-ring (bicyclic) bond motifs is 1. The standard InChI is InChI=1S/C14H22N4O.ClH/c1-9(11-7-15-16-8-11)17-14(19)13-6-10-4-2-3-5-12(10)18-13;/h7-10,12-13,18H,2-6H2,1H3,(H,15,16)(H,17,19);1H. The number of amides is 1. The first-order valence-electron chi connectivity index (χ1n) is 7.29. The van der Waals surface area contributed by atoms with Crippen LogP contribution in [0.1, 0.15) is 50.6 Å². The lowest BCUT2D eigenvalue weighted by Crippen LogP contribution is -2.43. The Hall–Kier alpha value is -1.07. The van der Waals surface area contributed by atoms with Crippen molar-refractivity contribution in [1.29, 1.82) is 0 Å². The molecule has 20 heavy (non-hydrogen) atoms. The van der Waals surface area contributed by atoms with Gasteiger partial charge in [-0.2, -0.15) is 5.10 Å². The third-order valence-corrected chi connectivity index (χ3v) is 4.56. The van der Waals surface area contributed by atoms with Gasteiger partial charge in [0.1, 0.15) is 0 Å². The Balaban J connectivity index is 0.00000147. The topological polar surface area (TPSA) is 69.8 Å². The van der Waals surface area contributed by atoms with Crippen LogP contribution >= 0.6 is 12.4 Å². The van der Waals surface area contributed by atoms with Crippen molar-refractivity contribution in [3.63, 3.8) is 0 Å². The molecule has 0 radical (unpaired) electrons. The number of hydrogen-bond acceptors (Lipinski definition) is 3. The molecule has 1 aliphatic heterocycles. The van der Waals surface area contributed by atoms with Gasteiger partial charge < -0.3 is 10.6 Å². The molecule has 3 rings (SSSR count). The van der Waals surface area contributed by atoms with Crippen molar-refractivity contribution in [3.8, 4) is 0 Å². The van der Waals surface area contributed by atoms with Gasteiger partial charge in [0.15, 0.2) is 0 Å². The van der Waals surface area contributed by atoms with E-state index in [0.717, 1.165) is 12.0 Å². The van der Waals surface area contributed by atoms with Crippen LogP contribution in [0, 0.1) is 5.92 Å². The summed E-state index contributed by atoms with van der Waals surface area (Å²) in [5.74, 6) is 0.830. The number of aromatic nitrogens is 2. The zero-order chi connectivity index (χ0) is 13.2. The fourth-order valence-corrected chi connectivity index (χ4v) is 3.42. The minimum Gasteiger partial charge on any atom is -0.348 e. The number of carbonyl (C=O) groups is 1. The second-order valence-corrected chi connectivity index (χ2v) is 5.87. The molecule has 6 heteroatoms. The van der Waals surface area contributed by atoms with Crippen molar-refractivity contribution < 1.29 is 4.79 Å². The number of H-pyrrole nitrogens is 1. The quantitative estimate of drug-likeness (QED) is 0.798. The van der Waals surface area contributed by atoms with Crippen molar-refractivity contribution in [2.24, 2.45) is 5.92 Å². The molecule has 0 spiro atoms. The molecule has 2 fully saturated rings. The van der Waals surface area contributed by atoms with Crippen LogP contribution < -0.4 is 10.6 Å². The number of rotatable bonds is 3. The Kier molecular flexibility index (Phi) is 5.05.